The van der Waals surface area contributed by atoms with Crippen LogP contribution in [0.3, 0.4) is 0 Å². The van der Waals surface area contributed by atoms with Crippen molar-refractivity contribution in [3.8, 4) is 0 Å². The molecule has 1 saturated heterocycles. The molecule has 0 aliphatic carbocycles. The van der Waals surface area contributed by atoms with Crippen molar-refractivity contribution in [2.75, 3.05) is 25.0 Å². The number of likely N-dealkylation sites (tertiary alicyclic amines) is 1. The van der Waals surface area contributed by atoms with Crippen LogP contribution in [0, 0.1) is 11.7 Å². The highest BCUT2D eigenvalue weighted by Crippen LogP contribution is 2.20. The van der Waals surface area contributed by atoms with Gasteiger partial charge in [0.15, 0.2) is 0 Å². The lowest BCUT2D eigenvalue weighted by Gasteiger charge is -2.31. The molecular formula is C14H17FN2O4. The third kappa shape index (κ3) is 3.69. The number of rotatable bonds is 3. The van der Waals surface area contributed by atoms with Crippen molar-refractivity contribution in [3.63, 3.8) is 0 Å². The van der Waals surface area contributed by atoms with Crippen LogP contribution in [0.15, 0.2) is 18.2 Å². The number of carboxylic acid groups (broad SMARTS) is 1. The SMILES string of the molecule is O=C(O)c1ccc(F)cc1NC(=O)N1CCC(CO)CC1. The fraction of sp³-hybridized carbons (Fsp3) is 0.429. The molecule has 0 atom stereocenters. The van der Waals surface area contributed by atoms with Crippen LogP contribution in [0.1, 0.15) is 23.2 Å². The number of carboxylic acids is 1. The lowest BCUT2D eigenvalue weighted by Crippen LogP contribution is -2.41. The number of benzene rings is 1. The number of halogens is 1. The number of aliphatic hydroxyl groups excluding tert-OH is 1. The molecule has 0 aromatic heterocycles. The molecule has 114 valence electrons. The number of piperidine rings is 1. The third-order valence-electron chi connectivity index (χ3n) is 3.61. The van der Waals surface area contributed by atoms with Crippen LogP contribution in [0.25, 0.3) is 0 Å². The quantitative estimate of drug-likeness (QED) is 0.793. The van der Waals surface area contributed by atoms with Gasteiger partial charge in [-0.25, -0.2) is 14.0 Å². The van der Waals surface area contributed by atoms with Crippen molar-refractivity contribution in [2.45, 2.75) is 12.8 Å². The summed E-state index contributed by atoms with van der Waals surface area (Å²) in [5.41, 5.74) is -0.216. The van der Waals surface area contributed by atoms with Gasteiger partial charge in [-0.15, -0.1) is 0 Å². The largest absolute Gasteiger partial charge is 0.478 e. The monoisotopic (exact) mass is 296 g/mol. The Hall–Kier alpha value is -2.15. The molecule has 2 rings (SSSR count). The van der Waals surface area contributed by atoms with E-state index in [1.807, 2.05) is 0 Å². The molecule has 1 heterocycles. The van der Waals surface area contributed by atoms with Crippen LogP contribution in [-0.4, -0.2) is 46.8 Å². The molecule has 0 unspecified atom stereocenters. The predicted octanol–water partition coefficient (Wildman–Crippen LogP) is 1.76. The summed E-state index contributed by atoms with van der Waals surface area (Å²) in [6.45, 7) is 1.06. The molecule has 2 amide bonds. The zero-order valence-electron chi connectivity index (χ0n) is 11.4. The van der Waals surface area contributed by atoms with E-state index >= 15 is 0 Å². The summed E-state index contributed by atoms with van der Waals surface area (Å²) >= 11 is 0. The van der Waals surface area contributed by atoms with Gasteiger partial charge in [0.1, 0.15) is 5.82 Å². The average Bonchev–Trinajstić information content (AvgIpc) is 2.47. The number of hydrogen-bond acceptors (Lipinski definition) is 3. The number of hydrogen-bond donors (Lipinski definition) is 3. The Morgan fingerprint density at radius 2 is 2.00 bits per heavy atom. The second-order valence-electron chi connectivity index (χ2n) is 5.04. The molecule has 1 aliphatic heterocycles. The molecule has 0 bridgehead atoms. The van der Waals surface area contributed by atoms with Gasteiger partial charge >= 0.3 is 12.0 Å². The zero-order chi connectivity index (χ0) is 15.4. The molecular weight excluding hydrogens is 279 g/mol. The second kappa shape index (κ2) is 6.53. The predicted molar refractivity (Wildman–Crippen MR) is 73.8 cm³/mol. The van der Waals surface area contributed by atoms with Crippen molar-refractivity contribution in [3.05, 3.63) is 29.6 Å². The van der Waals surface area contributed by atoms with Crippen LogP contribution < -0.4 is 5.32 Å². The summed E-state index contributed by atoms with van der Waals surface area (Å²) in [6.07, 6.45) is 1.39. The smallest absolute Gasteiger partial charge is 0.337 e. The van der Waals surface area contributed by atoms with Crippen molar-refractivity contribution in [1.82, 2.24) is 4.90 Å². The molecule has 0 radical (unpaired) electrons. The molecule has 1 fully saturated rings. The first-order chi connectivity index (χ1) is 10.0. The number of carbonyl (C=O) groups is 2. The first-order valence-electron chi connectivity index (χ1n) is 6.71. The van der Waals surface area contributed by atoms with E-state index < -0.39 is 17.8 Å². The number of carbonyl (C=O) groups excluding carboxylic acids is 1. The van der Waals surface area contributed by atoms with Crippen LogP contribution >= 0.6 is 0 Å². The Morgan fingerprint density at radius 3 is 2.57 bits per heavy atom. The summed E-state index contributed by atoms with van der Waals surface area (Å²) in [5.74, 6) is -1.66. The molecule has 1 aliphatic rings. The number of aliphatic hydroxyl groups is 1. The Labute approximate surface area is 121 Å². The normalized spacial score (nSPS) is 15.8. The minimum atomic E-state index is -1.23. The second-order valence-corrected chi connectivity index (χ2v) is 5.04. The van der Waals surface area contributed by atoms with E-state index in [1.165, 1.54) is 4.90 Å². The lowest BCUT2D eigenvalue weighted by atomic mass is 9.98. The standard InChI is InChI=1S/C14H17FN2O4/c15-10-1-2-11(13(19)20)12(7-10)16-14(21)17-5-3-9(8-18)4-6-17/h1-2,7,9,18H,3-6,8H2,(H,16,21)(H,19,20). The van der Waals surface area contributed by atoms with E-state index in [0.717, 1.165) is 18.2 Å². The minimum absolute atomic E-state index is 0.0585. The topological polar surface area (TPSA) is 89.9 Å². The fourth-order valence-electron chi connectivity index (χ4n) is 2.32. The number of nitrogens with one attached hydrogen (secondary N) is 1. The number of urea groups is 1. The van der Waals surface area contributed by atoms with Gasteiger partial charge in [0.25, 0.3) is 0 Å². The highest BCUT2D eigenvalue weighted by molar-refractivity contribution is 6.00. The van der Waals surface area contributed by atoms with Gasteiger partial charge in [0, 0.05) is 19.7 Å². The molecule has 0 spiro atoms. The van der Waals surface area contributed by atoms with Crippen LogP contribution in [0.4, 0.5) is 14.9 Å². The van der Waals surface area contributed by atoms with E-state index in [4.69, 9.17) is 10.2 Å². The molecule has 21 heavy (non-hydrogen) atoms. The molecule has 0 saturated carbocycles. The molecule has 6 nitrogen and oxygen atoms in total. The highest BCUT2D eigenvalue weighted by Gasteiger charge is 2.23. The van der Waals surface area contributed by atoms with Crippen LogP contribution in [-0.2, 0) is 0 Å². The Bertz CT molecular complexity index is 542. The summed E-state index contributed by atoms with van der Waals surface area (Å²) in [4.78, 5) is 24.7. The van der Waals surface area contributed by atoms with Crippen molar-refractivity contribution < 1.29 is 24.2 Å². The third-order valence-corrected chi connectivity index (χ3v) is 3.61. The first-order valence-corrected chi connectivity index (χ1v) is 6.71. The van der Waals surface area contributed by atoms with E-state index in [1.54, 1.807) is 0 Å². The van der Waals surface area contributed by atoms with Gasteiger partial charge in [-0.1, -0.05) is 0 Å². The number of aromatic carboxylic acids is 1. The highest BCUT2D eigenvalue weighted by atomic mass is 19.1. The van der Waals surface area contributed by atoms with Gasteiger partial charge in [-0.05, 0) is 37.0 Å². The Morgan fingerprint density at radius 1 is 1.33 bits per heavy atom. The van der Waals surface area contributed by atoms with Crippen molar-refractivity contribution in [2.24, 2.45) is 5.92 Å². The molecule has 1 aromatic rings. The zero-order valence-corrected chi connectivity index (χ0v) is 11.4. The van der Waals surface area contributed by atoms with Gasteiger partial charge in [0.05, 0.1) is 11.3 Å². The summed E-state index contributed by atoms with van der Waals surface area (Å²) < 4.78 is 13.2. The molecule has 7 heteroatoms. The lowest BCUT2D eigenvalue weighted by molar-refractivity contribution is 0.0698. The first kappa shape index (κ1) is 15.2. The molecule has 1 aromatic carbocycles. The van der Waals surface area contributed by atoms with Crippen molar-refractivity contribution in [1.29, 1.82) is 0 Å². The van der Waals surface area contributed by atoms with Gasteiger partial charge in [-0.3, -0.25) is 0 Å². The van der Waals surface area contributed by atoms with E-state index in [-0.39, 0.29) is 23.8 Å². The maximum Gasteiger partial charge on any atom is 0.337 e. The van der Waals surface area contributed by atoms with Crippen LogP contribution in [0.2, 0.25) is 0 Å². The van der Waals surface area contributed by atoms with E-state index in [0.29, 0.717) is 25.9 Å². The summed E-state index contributed by atoms with van der Waals surface area (Å²) in [7, 11) is 0. The maximum absolute atomic E-state index is 13.2. The number of anilines is 1. The summed E-state index contributed by atoms with van der Waals surface area (Å²) in [6, 6.07) is 2.68. The summed E-state index contributed by atoms with van der Waals surface area (Å²) in [5, 5.41) is 20.5. The minimum Gasteiger partial charge on any atom is -0.478 e. The van der Waals surface area contributed by atoms with Gasteiger partial charge < -0.3 is 20.4 Å². The number of nitrogens with zero attached hydrogens (tertiary/aromatic N) is 1. The Balaban J connectivity index is 2.06. The Kier molecular flexibility index (Phi) is 4.74. The fourth-order valence-corrected chi connectivity index (χ4v) is 2.32. The van der Waals surface area contributed by atoms with E-state index in [9.17, 15) is 14.0 Å². The maximum atomic E-state index is 13.2. The number of amides is 2. The van der Waals surface area contributed by atoms with Crippen LogP contribution in [0.5, 0.6) is 0 Å². The van der Waals surface area contributed by atoms with Gasteiger partial charge in [-0.2, -0.15) is 0 Å². The van der Waals surface area contributed by atoms with Crippen molar-refractivity contribution >= 4 is 17.7 Å². The average molecular weight is 296 g/mol. The molecule has 3 N–H and O–H groups in total. The van der Waals surface area contributed by atoms with E-state index in [2.05, 4.69) is 5.32 Å². The van der Waals surface area contributed by atoms with Gasteiger partial charge in [0.2, 0.25) is 0 Å².